The fraction of sp³-hybridized carbons (Fsp3) is 0.188. The lowest BCUT2D eigenvalue weighted by atomic mass is 10.1. The number of carbonyl (C=O) groups is 1. The van der Waals surface area contributed by atoms with Crippen molar-refractivity contribution in [3.63, 3.8) is 0 Å². The third-order valence-corrected chi connectivity index (χ3v) is 6.63. The van der Waals surface area contributed by atoms with E-state index in [1.807, 2.05) is 48.5 Å². The van der Waals surface area contributed by atoms with Gasteiger partial charge in [-0.3, -0.25) is 4.79 Å². The SMILES string of the molecule is CC[n+]1c(/C=C\c2ccc(N(CCCl)CCCl)cc2)ccc2cc(NC(=O)/C=C\c3ccccc3)ccc21. The minimum atomic E-state index is -0.157. The lowest BCUT2D eigenvalue weighted by Crippen LogP contribution is -2.36. The van der Waals surface area contributed by atoms with Crippen molar-refractivity contribution in [2.45, 2.75) is 13.5 Å². The highest BCUT2D eigenvalue weighted by Gasteiger charge is 2.13. The Balaban J connectivity index is 1.49. The van der Waals surface area contributed by atoms with Gasteiger partial charge in [0.15, 0.2) is 0 Å². The number of amides is 1. The summed E-state index contributed by atoms with van der Waals surface area (Å²) in [6.07, 6.45) is 7.62. The van der Waals surface area contributed by atoms with Gasteiger partial charge in [0.05, 0.1) is 0 Å². The number of aryl methyl sites for hydroxylation is 1. The predicted molar refractivity (Wildman–Crippen MR) is 163 cm³/mol. The molecular weight excluding hydrogens is 513 g/mol. The number of aromatic nitrogens is 1. The van der Waals surface area contributed by atoms with Gasteiger partial charge in [-0.2, -0.15) is 4.57 Å². The van der Waals surface area contributed by atoms with E-state index >= 15 is 0 Å². The molecular formula is C32H32Cl2N3O+. The molecule has 4 aromatic rings. The van der Waals surface area contributed by atoms with Crippen molar-refractivity contribution in [3.05, 3.63) is 108 Å². The number of fused-ring (bicyclic) bond motifs is 1. The van der Waals surface area contributed by atoms with E-state index in [0.29, 0.717) is 11.8 Å². The molecule has 1 amide bonds. The maximum Gasteiger partial charge on any atom is 0.248 e. The van der Waals surface area contributed by atoms with E-state index in [4.69, 9.17) is 23.2 Å². The van der Waals surface area contributed by atoms with Crippen LogP contribution in [-0.4, -0.2) is 30.8 Å². The summed E-state index contributed by atoms with van der Waals surface area (Å²) in [5.41, 5.74) is 6.22. The number of nitrogens with one attached hydrogen (secondary N) is 1. The molecule has 0 saturated carbocycles. The van der Waals surface area contributed by atoms with Crippen LogP contribution in [-0.2, 0) is 11.3 Å². The number of hydrogen-bond acceptors (Lipinski definition) is 2. The Morgan fingerprint density at radius 1 is 0.842 bits per heavy atom. The second kappa shape index (κ2) is 13.8. The van der Waals surface area contributed by atoms with E-state index in [9.17, 15) is 4.79 Å². The molecule has 0 aliphatic rings. The first kappa shape index (κ1) is 27.4. The average molecular weight is 546 g/mol. The van der Waals surface area contributed by atoms with Crippen LogP contribution in [0.2, 0.25) is 0 Å². The summed E-state index contributed by atoms with van der Waals surface area (Å²) in [5, 5.41) is 4.03. The minimum absolute atomic E-state index is 0.157. The molecule has 0 radical (unpaired) electrons. The number of hydrogen-bond donors (Lipinski definition) is 1. The molecule has 0 unspecified atom stereocenters. The van der Waals surface area contributed by atoms with Crippen LogP contribution >= 0.6 is 23.2 Å². The first-order valence-electron chi connectivity index (χ1n) is 12.8. The predicted octanol–water partition coefficient (Wildman–Crippen LogP) is 7.25. The first-order valence-corrected chi connectivity index (χ1v) is 13.8. The lowest BCUT2D eigenvalue weighted by Gasteiger charge is -2.22. The maximum absolute atomic E-state index is 12.4. The lowest BCUT2D eigenvalue weighted by molar-refractivity contribution is -0.669. The van der Waals surface area contributed by atoms with Crippen LogP contribution < -0.4 is 14.8 Å². The van der Waals surface area contributed by atoms with Gasteiger partial charge in [0.2, 0.25) is 17.1 Å². The Bertz CT molecular complexity index is 1410. The zero-order valence-corrected chi connectivity index (χ0v) is 23.0. The summed E-state index contributed by atoms with van der Waals surface area (Å²) < 4.78 is 2.27. The van der Waals surface area contributed by atoms with Crippen molar-refractivity contribution >= 4 is 69.6 Å². The molecule has 0 fully saturated rings. The van der Waals surface area contributed by atoms with Crippen molar-refractivity contribution in [1.82, 2.24) is 0 Å². The molecule has 0 atom stereocenters. The van der Waals surface area contributed by atoms with E-state index in [0.717, 1.165) is 58.7 Å². The van der Waals surface area contributed by atoms with Crippen molar-refractivity contribution in [1.29, 1.82) is 0 Å². The fourth-order valence-electron chi connectivity index (χ4n) is 4.39. The van der Waals surface area contributed by atoms with Crippen LogP contribution in [0.4, 0.5) is 11.4 Å². The smallest absolute Gasteiger partial charge is 0.248 e. The number of benzene rings is 3. The van der Waals surface area contributed by atoms with E-state index < -0.39 is 0 Å². The van der Waals surface area contributed by atoms with E-state index in [1.54, 1.807) is 6.08 Å². The summed E-state index contributed by atoms with van der Waals surface area (Å²) in [4.78, 5) is 14.6. The summed E-state index contributed by atoms with van der Waals surface area (Å²) in [6, 6.07) is 28.4. The number of carbonyl (C=O) groups excluding carboxylic acids is 1. The highest BCUT2D eigenvalue weighted by molar-refractivity contribution is 6.18. The quantitative estimate of drug-likeness (QED) is 0.122. The molecule has 4 nitrogen and oxygen atoms in total. The highest BCUT2D eigenvalue weighted by atomic mass is 35.5. The number of nitrogens with zero attached hydrogens (tertiary/aromatic N) is 2. The van der Waals surface area contributed by atoms with Gasteiger partial charge in [0, 0.05) is 65.9 Å². The van der Waals surface area contributed by atoms with Gasteiger partial charge in [-0.15, -0.1) is 23.2 Å². The molecule has 1 N–H and O–H groups in total. The summed E-state index contributed by atoms with van der Waals surface area (Å²) in [6.45, 7) is 4.50. The van der Waals surface area contributed by atoms with Gasteiger partial charge in [-0.1, -0.05) is 42.5 Å². The normalized spacial score (nSPS) is 11.4. The third kappa shape index (κ3) is 7.25. The molecule has 0 spiro atoms. The van der Waals surface area contributed by atoms with Crippen molar-refractivity contribution in [2.75, 3.05) is 35.1 Å². The van der Waals surface area contributed by atoms with Crippen LogP contribution in [0.5, 0.6) is 0 Å². The maximum atomic E-state index is 12.4. The van der Waals surface area contributed by atoms with Crippen molar-refractivity contribution in [2.24, 2.45) is 0 Å². The Hall–Kier alpha value is -3.60. The topological polar surface area (TPSA) is 36.2 Å². The standard InChI is InChI=1S/C32H31Cl2N3O/c1-2-37-30(16-10-26-8-14-29(15-9-26)36(22-20-33)23-21-34)17-12-27-24-28(13-18-31(27)37)35-32(38)19-11-25-6-4-3-5-7-25/h3-19,24H,2,20-23H2,1H3/p+1/b19-11-. The van der Waals surface area contributed by atoms with Gasteiger partial charge in [-0.05, 0) is 60.5 Å². The van der Waals surface area contributed by atoms with Gasteiger partial charge < -0.3 is 10.2 Å². The second-order valence-corrected chi connectivity index (χ2v) is 9.56. The second-order valence-electron chi connectivity index (χ2n) is 8.80. The van der Waals surface area contributed by atoms with E-state index in [1.165, 1.54) is 0 Å². The summed E-state index contributed by atoms with van der Waals surface area (Å²) in [5.74, 6) is 0.975. The molecule has 1 aromatic heterocycles. The van der Waals surface area contributed by atoms with Crippen LogP contribution in [0.25, 0.3) is 29.1 Å². The number of anilines is 2. The van der Waals surface area contributed by atoms with Crippen LogP contribution in [0.1, 0.15) is 23.7 Å². The highest BCUT2D eigenvalue weighted by Crippen LogP contribution is 2.20. The van der Waals surface area contributed by atoms with E-state index in [-0.39, 0.29) is 5.91 Å². The monoisotopic (exact) mass is 544 g/mol. The summed E-state index contributed by atoms with van der Waals surface area (Å²) in [7, 11) is 0. The molecule has 0 aliphatic heterocycles. The Morgan fingerprint density at radius 2 is 1.55 bits per heavy atom. The van der Waals surface area contributed by atoms with Gasteiger partial charge >= 0.3 is 0 Å². The molecule has 1 heterocycles. The molecule has 38 heavy (non-hydrogen) atoms. The number of rotatable bonds is 11. The molecule has 4 rings (SSSR count). The molecule has 0 saturated heterocycles. The largest absolute Gasteiger partial charge is 0.369 e. The molecule has 6 heteroatoms. The van der Waals surface area contributed by atoms with Crippen LogP contribution in [0, 0.1) is 0 Å². The zero-order chi connectivity index (χ0) is 26.7. The van der Waals surface area contributed by atoms with Crippen molar-refractivity contribution < 1.29 is 9.36 Å². The van der Waals surface area contributed by atoms with Crippen molar-refractivity contribution in [3.8, 4) is 0 Å². The van der Waals surface area contributed by atoms with Gasteiger partial charge in [0.25, 0.3) is 0 Å². The minimum Gasteiger partial charge on any atom is -0.369 e. The van der Waals surface area contributed by atoms with Gasteiger partial charge in [0.1, 0.15) is 6.54 Å². The fourth-order valence-corrected chi connectivity index (χ4v) is 4.79. The number of halogens is 2. The first-order chi connectivity index (χ1) is 18.6. The molecule has 3 aromatic carbocycles. The molecule has 0 bridgehead atoms. The van der Waals surface area contributed by atoms with Crippen LogP contribution in [0.15, 0.2) is 91.0 Å². The van der Waals surface area contributed by atoms with Gasteiger partial charge in [-0.25, -0.2) is 0 Å². The Kier molecular flexibility index (Phi) is 9.97. The zero-order valence-electron chi connectivity index (χ0n) is 21.5. The Labute approximate surface area is 234 Å². The summed E-state index contributed by atoms with van der Waals surface area (Å²) >= 11 is 11.9. The number of pyridine rings is 1. The molecule has 0 aliphatic carbocycles. The average Bonchev–Trinajstić information content (AvgIpc) is 2.95. The Morgan fingerprint density at radius 3 is 2.24 bits per heavy atom. The van der Waals surface area contributed by atoms with Crippen LogP contribution in [0.3, 0.4) is 0 Å². The molecule has 194 valence electrons. The number of alkyl halides is 2. The van der Waals surface area contributed by atoms with E-state index in [2.05, 4.69) is 76.3 Å². The third-order valence-electron chi connectivity index (χ3n) is 6.29.